The molecule has 17 heavy (non-hydrogen) atoms. The zero-order chi connectivity index (χ0) is 12.6. The molecule has 0 aliphatic heterocycles. The van der Waals surface area contributed by atoms with E-state index in [1.807, 2.05) is 0 Å². The second-order valence-electron chi connectivity index (χ2n) is 8.06. The van der Waals surface area contributed by atoms with Gasteiger partial charge >= 0.3 is 0 Å². The van der Waals surface area contributed by atoms with Gasteiger partial charge in [-0.25, -0.2) is 0 Å². The summed E-state index contributed by atoms with van der Waals surface area (Å²) in [4.78, 5) is 0. The standard InChI is InChI=1S/C15H26O2/c1-13(2)8-11(17)14(3)6-5-10(16)15(4)7-9(15)12(13)14/h9-12,16-17H,5-8H2,1-4H3/t9-,10-,11+,12+,14-,15-/m1/s1. The van der Waals surface area contributed by atoms with Gasteiger partial charge in [0, 0.05) is 0 Å². The molecule has 0 spiro atoms. The lowest BCUT2D eigenvalue weighted by atomic mass is 9.66. The molecule has 0 saturated heterocycles. The number of rotatable bonds is 0. The second kappa shape index (κ2) is 3.08. The molecule has 98 valence electrons. The first kappa shape index (κ1) is 12.0. The van der Waals surface area contributed by atoms with Gasteiger partial charge < -0.3 is 10.2 Å². The highest BCUT2D eigenvalue weighted by atomic mass is 16.3. The fourth-order valence-corrected chi connectivity index (χ4v) is 5.36. The lowest BCUT2D eigenvalue weighted by Crippen LogP contribution is -2.36. The number of hydrogen-bond donors (Lipinski definition) is 2. The average molecular weight is 238 g/mol. The van der Waals surface area contributed by atoms with Gasteiger partial charge in [-0.1, -0.05) is 27.7 Å². The summed E-state index contributed by atoms with van der Waals surface area (Å²) < 4.78 is 0. The Bertz CT molecular complexity index is 351. The molecule has 0 bridgehead atoms. The van der Waals surface area contributed by atoms with Gasteiger partial charge in [0.25, 0.3) is 0 Å². The van der Waals surface area contributed by atoms with Crippen molar-refractivity contribution in [1.82, 2.24) is 0 Å². The van der Waals surface area contributed by atoms with E-state index in [2.05, 4.69) is 27.7 Å². The summed E-state index contributed by atoms with van der Waals surface area (Å²) in [5.74, 6) is 1.20. The van der Waals surface area contributed by atoms with E-state index >= 15 is 0 Å². The number of fused-ring (bicyclic) bond motifs is 3. The van der Waals surface area contributed by atoms with Crippen LogP contribution >= 0.6 is 0 Å². The van der Waals surface area contributed by atoms with Crippen LogP contribution in [0.4, 0.5) is 0 Å². The van der Waals surface area contributed by atoms with E-state index in [9.17, 15) is 10.2 Å². The van der Waals surface area contributed by atoms with Gasteiger partial charge in [0.05, 0.1) is 12.2 Å². The molecule has 3 fully saturated rings. The van der Waals surface area contributed by atoms with Crippen molar-refractivity contribution in [3.8, 4) is 0 Å². The highest BCUT2D eigenvalue weighted by Gasteiger charge is 2.69. The zero-order valence-electron chi connectivity index (χ0n) is 11.5. The van der Waals surface area contributed by atoms with Gasteiger partial charge in [0.15, 0.2) is 0 Å². The predicted molar refractivity (Wildman–Crippen MR) is 67.5 cm³/mol. The van der Waals surface area contributed by atoms with Gasteiger partial charge in [-0.3, -0.25) is 0 Å². The second-order valence-corrected chi connectivity index (χ2v) is 8.06. The molecule has 3 aliphatic rings. The van der Waals surface area contributed by atoms with Crippen LogP contribution in [0.3, 0.4) is 0 Å². The summed E-state index contributed by atoms with van der Waals surface area (Å²) in [7, 11) is 0. The molecule has 6 atom stereocenters. The van der Waals surface area contributed by atoms with E-state index in [0.29, 0.717) is 11.8 Å². The highest BCUT2D eigenvalue weighted by Crippen LogP contribution is 2.73. The minimum atomic E-state index is -0.183. The largest absolute Gasteiger partial charge is 0.393 e. The van der Waals surface area contributed by atoms with Crippen LogP contribution in [0.5, 0.6) is 0 Å². The summed E-state index contributed by atoms with van der Waals surface area (Å²) in [6.07, 6.45) is 3.60. The molecule has 0 radical (unpaired) electrons. The Kier molecular flexibility index (Phi) is 2.17. The molecule has 3 saturated carbocycles. The van der Waals surface area contributed by atoms with Gasteiger partial charge in [-0.2, -0.15) is 0 Å². The Morgan fingerprint density at radius 1 is 0.882 bits per heavy atom. The Morgan fingerprint density at radius 2 is 1.53 bits per heavy atom. The molecule has 2 heteroatoms. The van der Waals surface area contributed by atoms with Crippen LogP contribution in [0.1, 0.15) is 53.4 Å². The molecule has 2 nitrogen and oxygen atoms in total. The van der Waals surface area contributed by atoms with Crippen molar-refractivity contribution < 1.29 is 10.2 Å². The summed E-state index contributed by atoms with van der Waals surface area (Å²) in [5, 5.41) is 20.8. The molecular formula is C15H26O2. The third-order valence-electron chi connectivity index (χ3n) is 6.50. The molecule has 3 rings (SSSR count). The molecule has 0 aromatic rings. The van der Waals surface area contributed by atoms with Crippen molar-refractivity contribution in [2.24, 2.45) is 28.1 Å². The van der Waals surface area contributed by atoms with Crippen LogP contribution in [-0.4, -0.2) is 22.4 Å². The summed E-state index contributed by atoms with van der Waals surface area (Å²) in [6, 6.07) is 0. The molecule has 0 unspecified atom stereocenters. The van der Waals surface area contributed by atoms with Crippen LogP contribution in [0.25, 0.3) is 0 Å². The molecule has 0 aromatic carbocycles. The van der Waals surface area contributed by atoms with E-state index in [1.54, 1.807) is 0 Å². The number of hydrogen-bond acceptors (Lipinski definition) is 2. The van der Waals surface area contributed by atoms with Crippen LogP contribution in [0.2, 0.25) is 0 Å². The summed E-state index contributed by atoms with van der Waals surface area (Å²) >= 11 is 0. The maximum absolute atomic E-state index is 10.5. The predicted octanol–water partition coefficient (Wildman–Crippen LogP) is 2.58. The third-order valence-corrected chi connectivity index (χ3v) is 6.50. The van der Waals surface area contributed by atoms with Gasteiger partial charge in [-0.05, 0) is 53.8 Å². The number of aliphatic hydroxyl groups is 2. The monoisotopic (exact) mass is 238 g/mol. The average Bonchev–Trinajstić information content (AvgIpc) is 2.81. The SMILES string of the molecule is CC1(C)C[C@H](O)[C@@]2(C)CC[C@@H](O)[C@]3(C)C[C@@H]3[C@@H]12. The first-order chi connectivity index (χ1) is 7.72. The molecule has 3 aliphatic carbocycles. The summed E-state index contributed by atoms with van der Waals surface area (Å²) in [6.45, 7) is 9.12. The van der Waals surface area contributed by atoms with Gasteiger partial charge in [0.2, 0.25) is 0 Å². The first-order valence-corrected chi connectivity index (χ1v) is 7.08. The van der Waals surface area contributed by atoms with Crippen molar-refractivity contribution in [2.45, 2.75) is 65.6 Å². The van der Waals surface area contributed by atoms with Crippen molar-refractivity contribution >= 4 is 0 Å². The topological polar surface area (TPSA) is 40.5 Å². The fourth-order valence-electron chi connectivity index (χ4n) is 5.36. The Balaban J connectivity index is 2.03. The highest BCUT2D eigenvalue weighted by molar-refractivity contribution is 5.18. The minimum Gasteiger partial charge on any atom is -0.393 e. The molecular weight excluding hydrogens is 212 g/mol. The Labute approximate surface area is 104 Å². The van der Waals surface area contributed by atoms with Crippen molar-refractivity contribution in [3.63, 3.8) is 0 Å². The molecule has 0 heterocycles. The first-order valence-electron chi connectivity index (χ1n) is 7.08. The van der Waals surface area contributed by atoms with Crippen LogP contribution in [-0.2, 0) is 0 Å². The van der Waals surface area contributed by atoms with Gasteiger partial charge in [0.1, 0.15) is 0 Å². The Morgan fingerprint density at radius 3 is 2.18 bits per heavy atom. The van der Waals surface area contributed by atoms with Crippen LogP contribution < -0.4 is 0 Å². The van der Waals surface area contributed by atoms with Crippen molar-refractivity contribution in [3.05, 3.63) is 0 Å². The molecule has 2 N–H and O–H groups in total. The van der Waals surface area contributed by atoms with E-state index in [0.717, 1.165) is 25.7 Å². The van der Waals surface area contributed by atoms with E-state index in [1.165, 1.54) is 0 Å². The van der Waals surface area contributed by atoms with Crippen LogP contribution in [0.15, 0.2) is 0 Å². The minimum absolute atomic E-state index is 0.0312. The van der Waals surface area contributed by atoms with E-state index < -0.39 is 0 Å². The van der Waals surface area contributed by atoms with Gasteiger partial charge in [-0.15, -0.1) is 0 Å². The lowest BCUT2D eigenvalue weighted by molar-refractivity contribution is 0.0189. The quantitative estimate of drug-likeness (QED) is 0.681. The lowest BCUT2D eigenvalue weighted by Gasteiger charge is -2.38. The zero-order valence-corrected chi connectivity index (χ0v) is 11.5. The Hall–Kier alpha value is -0.0800. The van der Waals surface area contributed by atoms with Crippen LogP contribution in [0, 0.1) is 28.1 Å². The van der Waals surface area contributed by atoms with E-state index in [-0.39, 0.29) is 28.5 Å². The van der Waals surface area contributed by atoms with E-state index in [4.69, 9.17) is 0 Å². The number of aliphatic hydroxyl groups excluding tert-OH is 2. The molecule has 0 aromatic heterocycles. The third kappa shape index (κ3) is 1.34. The maximum Gasteiger partial charge on any atom is 0.0601 e. The maximum atomic E-state index is 10.5. The normalized spacial score (nSPS) is 60.4. The molecule has 0 amide bonds. The smallest absolute Gasteiger partial charge is 0.0601 e. The summed E-state index contributed by atoms with van der Waals surface area (Å²) in [5.41, 5.74) is 0.397. The van der Waals surface area contributed by atoms with Crippen molar-refractivity contribution in [2.75, 3.05) is 0 Å². The van der Waals surface area contributed by atoms with Crippen molar-refractivity contribution in [1.29, 1.82) is 0 Å². The fraction of sp³-hybridized carbons (Fsp3) is 1.00.